The van der Waals surface area contributed by atoms with E-state index in [4.69, 9.17) is 15.2 Å². The maximum atomic E-state index is 6.10. The molecule has 2 atom stereocenters. The molecule has 1 aliphatic rings. The molecule has 4 heteroatoms. The van der Waals surface area contributed by atoms with Gasteiger partial charge in [0, 0.05) is 10.5 Å². The number of ether oxygens (including phenoxy) is 2. The highest BCUT2D eigenvalue weighted by atomic mass is 79.9. The highest BCUT2D eigenvalue weighted by Crippen LogP contribution is 2.32. The largest absolute Gasteiger partial charge is 0.490 e. The van der Waals surface area contributed by atoms with Gasteiger partial charge in [0.2, 0.25) is 0 Å². The van der Waals surface area contributed by atoms with E-state index in [0.717, 1.165) is 40.6 Å². The van der Waals surface area contributed by atoms with Gasteiger partial charge in [-0.3, -0.25) is 0 Å². The summed E-state index contributed by atoms with van der Waals surface area (Å²) < 4.78 is 13.2. The van der Waals surface area contributed by atoms with Gasteiger partial charge in [-0.05, 0) is 70.2 Å². The molecule has 3 nitrogen and oxygen atoms in total. The second kappa shape index (κ2) is 6.67. The molecule has 2 unspecified atom stereocenters. The molecule has 1 saturated heterocycles. The van der Waals surface area contributed by atoms with Gasteiger partial charge in [0.05, 0.1) is 11.7 Å². The minimum Gasteiger partial charge on any atom is -0.490 e. The maximum absolute atomic E-state index is 6.10. The van der Waals surface area contributed by atoms with E-state index in [-0.39, 0.29) is 17.7 Å². The van der Waals surface area contributed by atoms with Crippen molar-refractivity contribution in [2.45, 2.75) is 64.7 Å². The van der Waals surface area contributed by atoms with Crippen LogP contribution in [-0.2, 0) is 11.2 Å². The van der Waals surface area contributed by atoms with Crippen molar-refractivity contribution in [1.82, 2.24) is 0 Å². The lowest BCUT2D eigenvalue weighted by Gasteiger charge is -2.21. The van der Waals surface area contributed by atoms with Crippen LogP contribution in [0.2, 0.25) is 0 Å². The van der Waals surface area contributed by atoms with Gasteiger partial charge in [-0.1, -0.05) is 15.9 Å². The number of rotatable bonds is 5. The SMILES string of the molecule is Cc1cc(Br)cc(CC(C)N)c1OCC1CCC(C)(C)O1. The third kappa shape index (κ3) is 4.70. The minimum absolute atomic E-state index is 0.0165. The average molecular weight is 356 g/mol. The Morgan fingerprint density at radius 3 is 2.76 bits per heavy atom. The predicted octanol–water partition coefficient (Wildman–Crippen LogP) is 3.98. The van der Waals surface area contributed by atoms with Crippen molar-refractivity contribution in [2.75, 3.05) is 6.61 Å². The zero-order chi connectivity index (χ0) is 15.6. The average Bonchev–Trinajstić information content (AvgIpc) is 2.66. The van der Waals surface area contributed by atoms with Crippen LogP contribution >= 0.6 is 15.9 Å². The van der Waals surface area contributed by atoms with Crippen molar-refractivity contribution in [2.24, 2.45) is 5.73 Å². The summed E-state index contributed by atoms with van der Waals surface area (Å²) in [6, 6.07) is 4.30. The van der Waals surface area contributed by atoms with E-state index in [1.54, 1.807) is 0 Å². The van der Waals surface area contributed by atoms with Gasteiger partial charge in [-0.25, -0.2) is 0 Å². The molecule has 0 amide bonds. The van der Waals surface area contributed by atoms with Gasteiger partial charge >= 0.3 is 0 Å². The number of aryl methyl sites for hydroxylation is 1. The van der Waals surface area contributed by atoms with Crippen LogP contribution in [0.4, 0.5) is 0 Å². The van der Waals surface area contributed by atoms with E-state index < -0.39 is 0 Å². The summed E-state index contributed by atoms with van der Waals surface area (Å²) in [5.74, 6) is 0.962. The number of benzene rings is 1. The van der Waals surface area contributed by atoms with Crippen LogP contribution in [0.1, 0.15) is 44.7 Å². The maximum Gasteiger partial charge on any atom is 0.125 e. The summed E-state index contributed by atoms with van der Waals surface area (Å²) in [5, 5.41) is 0. The Bertz CT molecular complexity index is 500. The lowest BCUT2D eigenvalue weighted by Crippen LogP contribution is -2.24. The molecule has 0 saturated carbocycles. The number of nitrogens with two attached hydrogens (primary N) is 1. The molecule has 0 aliphatic carbocycles. The fourth-order valence-electron chi connectivity index (χ4n) is 2.88. The molecule has 1 fully saturated rings. The van der Waals surface area contributed by atoms with Crippen LogP contribution in [-0.4, -0.2) is 24.4 Å². The molecule has 1 aromatic carbocycles. The van der Waals surface area contributed by atoms with Crippen molar-refractivity contribution >= 4 is 15.9 Å². The minimum atomic E-state index is -0.0165. The standard InChI is InChI=1S/C17H26BrNO2/c1-11-7-14(18)9-13(8-12(2)19)16(11)20-10-15-5-6-17(3,4)21-15/h7,9,12,15H,5-6,8,10,19H2,1-4H3. The van der Waals surface area contributed by atoms with E-state index in [1.807, 2.05) is 6.92 Å². The molecular formula is C17H26BrNO2. The second-order valence-corrected chi connectivity index (χ2v) is 7.66. The fraction of sp³-hybridized carbons (Fsp3) is 0.647. The first-order chi connectivity index (χ1) is 9.77. The lowest BCUT2D eigenvalue weighted by atomic mass is 10.0. The van der Waals surface area contributed by atoms with Crippen LogP contribution in [0, 0.1) is 6.92 Å². The molecule has 2 N–H and O–H groups in total. The molecule has 0 radical (unpaired) electrons. The lowest BCUT2D eigenvalue weighted by molar-refractivity contribution is -0.0328. The summed E-state index contributed by atoms with van der Waals surface area (Å²) >= 11 is 3.55. The number of halogens is 1. The zero-order valence-corrected chi connectivity index (χ0v) is 15.0. The van der Waals surface area contributed by atoms with Crippen LogP contribution in [0.3, 0.4) is 0 Å². The summed E-state index contributed by atoms with van der Waals surface area (Å²) in [5.41, 5.74) is 8.23. The van der Waals surface area contributed by atoms with Crippen LogP contribution < -0.4 is 10.5 Å². The van der Waals surface area contributed by atoms with Crippen molar-refractivity contribution in [3.05, 3.63) is 27.7 Å². The van der Waals surface area contributed by atoms with Crippen LogP contribution in [0.25, 0.3) is 0 Å². The first kappa shape index (κ1) is 16.8. The smallest absolute Gasteiger partial charge is 0.125 e. The second-order valence-electron chi connectivity index (χ2n) is 6.74. The number of hydrogen-bond donors (Lipinski definition) is 1. The highest BCUT2D eigenvalue weighted by Gasteiger charge is 2.32. The highest BCUT2D eigenvalue weighted by molar-refractivity contribution is 9.10. The first-order valence-corrected chi connectivity index (χ1v) is 8.41. The molecule has 2 rings (SSSR count). The van der Waals surface area contributed by atoms with Gasteiger partial charge in [0.15, 0.2) is 0 Å². The van der Waals surface area contributed by atoms with Gasteiger partial charge < -0.3 is 15.2 Å². The normalized spacial score (nSPS) is 22.3. The van der Waals surface area contributed by atoms with Crippen LogP contribution in [0.15, 0.2) is 16.6 Å². The summed E-state index contributed by atoms with van der Waals surface area (Å²) in [6.45, 7) is 8.98. The molecule has 1 aromatic rings. The van der Waals surface area contributed by atoms with Crippen molar-refractivity contribution in [3.8, 4) is 5.75 Å². The fourth-order valence-corrected chi connectivity index (χ4v) is 3.50. The molecule has 0 bridgehead atoms. The molecule has 1 heterocycles. The van der Waals surface area contributed by atoms with E-state index in [0.29, 0.717) is 6.61 Å². The molecular weight excluding hydrogens is 330 g/mol. The predicted molar refractivity (Wildman–Crippen MR) is 89.9 cm³/mol. The Labute approximate surface area is 136 Å². The Balaban J connectivity index is 2.08. The molecule has 118 valence electrons. The Kier molecular flexibility index (Phi) is 5.33. The first-order valence-electron chi connectivity index (χ1n) is 7.62. The summed E-state index contributed by atoms with van der Waals surface area (Å²) in [7, 11) is 0. The number of hydrogen-bond acceptors (Lipinski definition) is 3. The van der Waals surface area contributed by atoms with Gasteiger partial charge in [0.25, 0.3) is 0 Å². The van der Waals surface area contributed by atoms with E-state index in [2.05, 4.69) is 48.8 Å². The molecule has 21 heavy (non-hydrogen) atoms. The Morgan fingerprint density at radius 1 is 1.48 bits per heavy atom. The van der Waals surface area contributed by atoms with Crippen molar-refractivity contribution in [1.29, 1.82) is 0 Å². The monoisotopic (exact) mass is 355 g/mol. The van der Waals surface area contributed by atoms with E-state index >= 15 is 0 Å². The topological polar surface area (TPSA) is 44.5 Å². The van der Waals surface area contributed by atoms with Crippen molar-refractivity contribution < 1.29 is 9.47 Å². The third-order valence-electron chi connectivity index (χ3n) is 3.83. The van der Waals surface area contributed by atoms with Crippen LogP contribution in [0.5, 0.6) is 5.75 Å². The van der Waals surface area contributed by atoms with E-state index in [1.165, 1.54) is 0 Å². The third-order valence-corrected chi connectivity index (χ3v) is 4.28. The summed E-state index contributed by atoms with van der Waals surface area (Å²) in [6.07, 6.45) is 3.15. The molecule has 1 aliphatic heterocycles. The molecule has 0 aromatic heterocycles. The van der Waals surface area contributed by atoms with E-state index in [9.17, 15) is 0 Å². The Morgan fingerprint density at radius 2 is 2.19 bits per heavy atom. The van der Waals surface area contributed by atoms with Gasteiger partial charge in [-0.15, -0.1) is 0 Å². The Hall–Kier alpha value is -0.580. The quantitative estimate of drug-likeness (QED) is 0.868. The van der Waals surface area contributed by atoms with Crippen molar-refractivity contribution in [3.63, 3.8) is 0 Å². The van der Waals surface area contributed by atoms with Gasteiger partial charge in [0.1, 0.15) is 12.4 Å². The summed E-state index contributed by atoms with van der Waals surface area (Å²) in [4.78, 5) is 0. The zero-order valence-electron chi connectivity index (χ0n) is 13.4. The molecule has 0 spiro atoms. The van der Waals surface area contributed by atoms with Gasteiger partial charge in [-0.2, -0.15) is 0 Å².